The topological polar surface area (TPSA) is 78.9 Å². The zero-order valence-corrected chi connectivity index (χ0v) is 35.9. The van der Waals surface area contributed by atoms with Crippen molar-refractivity contribution in [3.05, 3.63) is 60.8 Å². The predicted octanol–water partition coefficient (Wildman–Crippen LogP) is 14.5. The van der Waals surface area contributed by atoms with Crippen molar-refractivity contribution in [3.8, 4) is 0 Å². The minimum absolute atomic E-state index is 0.0899. The van der Waals surface area contributed by atoms with E-state index in [4.69, 9.17) is 14.2 Å². The first kappa shape index (κ1) is 52.1. The van der Waals surface area contributed by atoms with Crippen molar-refractivity contribution in [2.75, 3.05) is 13.2 Å². The van der Waals surface area contributed by atoms with Crippen molar-refractivity contribution in [1.82, 2.24) is 0 Å². The lowest BCUT2D eigenvalue weighted by molar-refractivity contribution is -0.167. The minimum atomic E-state index is -0.790. The van der Waals surface area contributed by atoms with Crippen LogP contribution in [0.1, 0.15) is 213 Å². The molecule has 0 fully saturated rings. The molecule has 0 aliphatic heterocycles. The van der Waals surface area contributed by atoms with Gasteiger partial charge in [0.1, 0.15) is 13.2 Å². The van der Waals surface area contributed by atoms with Crippen molar-refractivity contribution in [2.24, 2.45) is 0 Å². The summed E-state index contributed by atoms with van der Waals surface area (Å²) in [7, 11) is 0. The van der Waals surface area contributed by atoms with Crippen LogP contribution in [-0.2, 0) is 28.6 Å². The highest BCUT2D eigenvalue weighted by atomic mass is 16.6. The second-order valence-electron chi connectivity index (χ2n) is 14.9. The van der Waals surface area contributed by atoms with Crippen LogP contribution in [0.5, 0.6) is 0 Å². The summed E-state index contributed by atoms with van der Waals surface area (Å²) in [6, 6.07) is 0. The van der Waals surface area contributed by atoms with E-state index < -0.39 is 6.10 Å². The molecule has 0 N–H and O–H groups in total. The van der Waals surface area contributed by atoms with Crippen molar-refractivity contribution < 1.29 is 28.6 Å². The molecule has 55 heavy (non-hydrogen) atoms. The average Bonchev–Trinajstić information content (AvgIpc) is 3.18. The number of hydrogen-bond donors (Lipinski definition) is 0. The summed E-state index contributed by atoms with van der Waals surface area (Å²) in [5.74, 6) is -0.939. The molecule has 1 atom stereocenters. The highest BCUT2D eigenvalue weighted by Gasteiger charge is 2.19. The third kappa shape index (κ3) is 42.1. The molecule has 6 nitrogen and oxygen atoms in total. The standard InChI is InChI=1S/C49H84O6/c1-4-7-10-13-16-19-22-24-26-27-30-33-36-39-42-48(51)54-45-46(44-53-47(50)41-38-35-32-29-21-18-15-12-9-6-3)55-49(52)43-40-37-34-31-28-25-23-20-17-14-11-8-5-2/h8,11,13,16-17,20,22,24-25,28,46H,4-7,9-10,12,14-15,18-19,21,23,26-27,29-45H2,1-3H3/b11-8-,16-13-,20-17-,24-22-,28-25-. The molecule has 0 radical (unpaired) electrons. The molecule has 0 heterocycles. The maximum absolute atomic E-state index is 12.7. The molecule has 0 bridgehead atoms. The number of ether oxygens (including phenoxy) is 3. The first-order valence-electron chi connectivity index (χ1n) is 22.8. The quantitative estimate of drug-likeness (QED) is 0.0267. The lowest BCUT2D eigenvalue weighted by Crippen LogP contribution is -2.30. The molecular formula is C49H84O6. The van der Waals surface area contributed by atoms with Crippen LogP contribution in [-0.4, -0.2) is 37.2 Å². The van der Waals surface area contributed by atoms with Gasteiger partial charge in [0.2, 0.25) is 0 Å². The van der Waals surface area contributed by atoms with Gasteiger partial charge < -0.3 is 14.2 Å². The molecule has 0 amide bonds. The molecule has 0 saturated heterocycles. The van der Waals surface area contributed by atoms with Gasteiger partial charge in [-0.15, -0.1) is 0 Å². The van der Waals surface area contributed by atoms with E-state index in [1.54, 1.807) is 0 Å². The van der Waals surface area contributed by atoms with Crippen LogP contribution in [0, 0.1) is 0 Å². The number of esters is 3. The van der Waals surface area contributed by atoms with Crippen LogP contribution in [0.25, 0.3) is 0 Å². The summed E-state index contributed by atoms with van der Waals surface area (Å²) < 4.78 is 16.7. The van der Waals surface area contributed by atoms with E-state index in [9.17, 15) is 14.4 Å². The zero-order chi connectivity index (χ0) is 40.1. The molecule has 0 spiro atoms. The van der Waals surface area contributed by atoms with Gasteiger partial charge >= 0.3 is 17.9 Å². The molecule has 1 unspecified atom stereocenters. The van der Waals surface area contributed by atoms with Crippen molar-refractivity contribution in [1.29, 1.82) is 0 Å². The lowest BCUT2D eigenvalue weighted by Gasteiger charge is -2.18. The van der Waals surface area contributed by atoms with E-state index in [0.29, 0.717) is 19.3 Å². The number of hydrogen-bond acceptors (Lipinski definition) is 6. The Hall–Kier alpha value is -2.89. The molecular weight excluding hydrogens is 685 g/mol. The summed E-state index contributed by atoms with van der Waals surface area (Å²) in [6.07, 6.45) is 52.0. The Bertz CT molecular complexity index is 1020. The smallest absolute Gasteiger partial charge is 0.306 e. The first-order chi connectivity index (χ1) is 27.0. The maximum Gasteiger partial charge on any atom is 0.306 e. The highest BCUT2D eigenvalue weighted by Crippen LogP contribution is 2.13. The van der Waals surface area contributed by atoms with Crippen molar-refractivity contribution >= 4 is 17.9 Å². The number of allylic oxidation sites excluding steroid dienone is 10. The second kappa shape index (κ2) is 43.8. The van der Waals surface area contributed by atoms with Crippen LogP contribution in [0.3, 0.4) is 0 Å². The van der Waals surface area contributed by atoms with Crippen LogP contribution in [0.4, 0.5) is 0 Å². The van der Waals surface area contributed by atoms with Gasteiger partial charge in [-0.25, -0.2) is 0 Å². The van der Waals surface area contributed by atoms with Gasteiger partial charge in [-0.2, -0.15) is 0 Å². The summed E-state index contributed by atoms with van der Waals surface area (Å²) in [6.45, 7) is 6.42. The van der Waals surface area contributed by atoms with Gasteiger partial charge in [0, 0.05) is 19.3 Å². The van der Waals surface area contributed by atoms with Crippen LogP contribution < -0.4 is 0 Å². The van der Waals surface area contributed by atoms with E-state index in [1.807, 2.05) is 0 Å². The molecule has 316 valence electrons. The van der Waals surface area contributed by atoms with E-state index in [-0.39, 0.29) is 31.1 Å². The molecule has 6 heteroatoms. The van der Waals surface area contributed by atoms with Gasteiger partial charge in [-0.05, 0) is 77.0 Å². The first-order valence-corrected chi connectivity index (χ1v) is 22.8. The Labute approximate surface area is 339 Å². The van der Waals surface area contributed by atoms with Crippen LogP contribution in [0.2, 0.25) is 0 Å². The predicted molar refractivity (Wildman–Crippen MR) is 233 cm³/mol. The Morgan fingerprint density at radius 3 is 1.18 bits per heavy atom. The zero-order valence-electron chi connectivity index (χ0n) is 35.9. The largest absolute Gasteiger partial charge is 0.462 e. The maximum atomic E-state index is 12.7. The molecule has 0 aromatic rings. The van der Waals surface area contributed by atoms with Gasteiger partial charge in [-0.3, -0.25) is 14.4 Å². The third-order valence-corrected chi connectivity index (χ3v) is 9.51. The van der Waals surface area contributed by atoms with Gasteiger partial charge in [0.25, 0.3) is 0 Å². The fourth-order valence-electron chi connectivity index (χ4n) is 6.06. The molecule has 0 aliphatic carbocycles. The molecule has 0 aromatic carbocycles. The van der Waals surface area contributed by atoms with E-state index in [0.717, 1.165) is 109 Å². The molecule has 0 aliphatic rings. The fraction of sp³-hybridized carbons (Fsp3) is 0.735. The van der Waals surface area contributed by atoms with Gasteiger partial charge in [0.05, 0.1) is 0 Å². The highest BCUT2D eigenvalue weighted by molar-refractivity contribution is 5.71. The number of rotatable bonds is 40. The fourth-order valence-corrected chi connectivity index (χ4v) is 6.06. The molecule has 0 aromatic heterocycles. The van der Waals surface area contributed by atoms with Crippen molar-refractivity contribution in [2.45, 2.75) is 219 Å². The normalized spacial score (nSPS) is 12.6. The van der Waals surface area contributed by atoms with Crippen LogP contribution in [0.15, 0.2) is 60.8 Å². The summed E-state index contributed by atoms with van der Waals surface area (Å²) in [4.78, 5) is 37.7. The van der Waals surface area contributed by atoms with E-state index in [2.05, 4.69) is 81.5 Å². The Morgan fingerprint density at radius 2 is 0.727 bits per heavy atom. The summed E-state index contributed by atoms with van der Waals surface area (Å²) >= 11 is 0. The van der Waals surface area contributed by atoms with E-state index in [1.165, 1.54) is 64.2 Å². The Balaban J connectivity index is 4.44. The van der Waals surface area contributed by atoms with Crippen molar-refractivity contribution in [3.63, 3.8) is 0 Å². The monoisotopic (exact) mass is 769 g/mol. The number of carbonyl (C=O) groups excluding carboxylic acids is 3. The SMILES string of the molecule is CC/C=C\C/C=C\C/C=C\CCCCCC(=O)OC(COC(=O)CCCCCCC/C=C\C/C=C\CCCC)COC(=O)CCCCCCCCCCCC. The molecule has 0 rings (SSSR count). The summed E-state index contributed by atoms with van der Waals surface area (Å²) in [5, 5.41) is 0. The average molecular weight is 769 g/mol. The third-order valence-electron chi connectivity index (χ3n) is 9.51. The Kier molecular flexibility index (Phi) is 41.5. The van der Waals surface area contributed by atoms with Gasteiger partial charge in [0.15, 0.2) is 6.10 Å². The number of carbonyl (C=O) groups is 3. The summed E-state index contributed by atoms with van der Waals surface area (Å²) in [5.41, 5.74) is 0. The lowest BCUT2D eigenvalue weighted by atomic mass is 10.1. The second-order valence-corrected chi connectivity index (χ2v) is 14.9. The van der Waals surface area contributed by atoms with Crippen LogP contribution >= 0.6 is 0 Å². The molecule has 0 saturated carbocycles. The minimum Gasteiger partial charge on any atom is -0.462 e. The number of unbranched alkanes of at least 4 members (excludes halogenated alkanes) is 19. The van der Waals surface area contributed by atoms with Gasteiger partial charge in [-0.1, -0.05) is 178 Å². The Morgan fingerprint density at radius 1 is 0.382 bits per heavy atom. The van der Waals surface area contributed by atoms with E-state index >= 15 is 0 Å².